The fourth-order valence-electron chi connectivity index (χ4n) is 2.84. The first-order valence-electron chi connectivity index (χ1n) is 7.06. The number of rotatable bonds is 3. The van der Waals surface area contributed by atoms with Crippen molar-refractivity contribution in [2.45, 2.75) is 19.5 Å². The lowest BCUT2D eigenvalue weighted by atomic mass is 9.99. The third-order valence-corrected chi connectivity index (χ3v) is 3.97. The van der Waals surface area contributed by atoms with Crippen molar-refractivity contribution in [2.75, 3.05) is 6.54 Å². The van der Waals surface area contributed by atoms with Crippen molar-refractivity contribution in [3.8, 4) is 0 Å². The Morgan fingerprint density at radius 3 is 2.67 bits per heavy atom. The van der Waals surface area contributed by atoms with E-state index >= 15 is 0 Å². The summed E-state index contributed by atoms with van der Waals surface area (Å²) in [6.07, 6.45) is 0.990. The Bertz CT molecular complexity index is 681. The maximum Gasteiger partial charge on any atom is 0.138 e. The smallest absolute Gasteiger partial charge is 0.138 e. The molecule has 1 aliphatic heterocycles. The summed E-state index contributed by atoms with van der Waals surface area (Å²) in [5.41, 5.74) is 8.89. The van der Waals surface area contributed by atoms with E-state index in [0.29, 0.717) is 12.1 Å². The number of nitrogens with zero attached hydrogens (tertiary/aromatic N) is 1. The summed E-state index contributed by atoms with van der Waals surface area (Å²) in [5, 5.41) is 7.41. The number of amidine groups is 1. The Balaban J connectivity index is 1.80. The summed E-state index contributed by atoms with van der Waals surface area (Å²) in [4.78, 5) is 2.23. The lowest BCUT2D eigenvalue weighted by Gasteiger charge is -2.29. The van der Waals surface area contributed by atoms with E-state index in [-0.39, 0.29) is 17.2 Å². The van der Waals surface area contributed by atoms with Crippen molar-refractivity contribution in [3.05, 3.63) is 70.5 Å². The molecule has 1 heterocycles. The van der Waals surface area contributed by atoms with Crippen LogP contribution in [0.4, 0.5) is 4.39 Å². The molecule has 0 spiro atoms. The van der Waals surface area contributed by atoms with Gasteiger partial charge >= 0.3 is 0 Å². The molecule has 0 radical (unpaired) electrons. The maximum atomic E-state index is 14.3. The van der Waals surface area contributed by atoms with Crippen LogP contribution in [0, 0.1) is 11.2 Å². The average molecular weight is 283 g/mol. The molecule has 0 atom stereocenters. The van der Waals surface area contributed by atoms with Crippen molar-refractivity contribution in [3.63, 3.8) is 0 Å². The maximum absolute atomic E-state index is 14.3. The Labute approximate surface area is 123 Å². The average Bonchev–Trinajstić information content (AvgIpc) is 2.49. The second-order valence-electron chi connectivity index (χ2n) is 5.42. The van der Waals surface area contributed by atoms with Gasteiger partial charge < -0.3 is 5.73 Å². The van der Waals surface area contributed by atoms with Gasteiger partial charge in [0.15, 0.2) is 0 Å². The molecular formula is C17H18FN3. The number of benzene rings is 2. The van der Waals surface area contributed by atoms with Crippen LogP contribution in [0.5, 0.6) is 0 Å². The quantitative estimate of drug-likeness (QED) is 0.672. The largest absolute Gasteiger partial charge is 0.384 e. The van der Waals surface area contributed by atoms with Crippen LogP contribution in [-0.2, 0) is 19.5 Å². The zero-order valence-corrected chi connectivity index (χ0v) is 11.8. The molecule has 0 aromatic heterocycles. The first-order valence-corrected chi connectivity index (χ1v) is 7.06. The van der Waals surface area contributed by atoms with Crippen molar-refractivity contribution in [1.29, 1.82) is 5.41 Å². The predicted molar refractivity (Wildman–Crippen MR) is 81.7 cm³/mol. The van der Waals surface area contributed by atoms with Gasteiger partial charge in [0.25, 0.3) is 0 Å². The summed E-state index contributed by atoms with van der Waals surface area (Å²) in [6.45, 7) is 2.29. The fraction of sp³-hybridized carbons (Fsp3) is 0.235. The molecule has 2 aromatic carbocycles. The number of hydrogen-bond acceptors (Lipinski definition) is 2. The van der Waals surface area contributed by atoms with Crippen LogP contribution in [-0.4, -0.2) is 17.3 Å². The number of nitrogen functional groups attached to an aromatic ring is 1. The summed E-state index contributed by atoms with van der Waals surface area (Å²) in [5.74, 6) is -0.595. The molecule has 3 rings (SSSR count). The monoisotopic (exact) mass is 283 g/mol. The van der Waals surface area contributed by atoms with E-state index < -0.39 is 0 Å². The minimum atomic E-state index is -0.371. The number of fused-ring (bicyclic) bond motifs is 1. The van der Waals surface area contributed by atoms with E-state index in [4.69, 9.17) is 11.1 Å². The van der Waals surface area contributed by atoms with Crippen LogP contribution in [0.15, 0.2) is 42.5 Å². The second-order valence-corrected chi connectivity index (χ2v) is 5.42. The number of nitrogens with two attached hydrogens (primary N) is 1. The summed E-state index contributed by atoms with van der Waals surface area (Å²) >= 11 is 0. The zero-order valence-electron chi connectivity index (χ0n) is 11.8. The molecule has 3 N–H and O–H groups in total. The Morgan fingerprint density at radius 2 is 1.90 bits per heavy atom. The molecule has 0 amide bonds. The van der Waals surface area contributed by atoms with Gasteiger partial charge in [-0.25, -0.2) is 4.39 Å². The zero-order chi connectivity index (χ0) is 14.8. The van der Waals surface area contributed by atoms with Crippen LogP contribution in [0.1, 0.15) is 22.3 Å². The highest BCUT2D eigenvalue weighted by atomic mass is 19.1. The standard InChI is InChI=1S/C17H18FN3/c18-16-14(6-3-7-15(16)17(19)20)11-21-9-8-12-4-1-2-5-13(12)10-21/h1-7H,8-11H2,(H3,19,20). The molecule has 0 fully saturated rings. The molecule has 0 saturated carbocycles. The van der Waals surface area contributed by atoms with Crippen molar-refractivity contribution >= 4 is 5.84 Å². The third-order valence-electron chi connectivity index (χ3n) is 3.97. The second kappa shape index (κ2) is 5.66. The number of nitrogens with one attached hydrogen (secondary N) is 1. The van der Waals surface area contributed by atoms with E-state index in [9.17, 15) is 4.39 Å². The summed E-state index contributed by atoms with van der Waals surface area (Å²) < 4.78 is 14.3. The predicted octanol–water partition coefficient (Wildman–Crippen LogP) is 2.67. The fourth-order valence-corrected chi connectivity index (χ4v) is 2.84. The van der Waals surface area contributed by atoms with Crippen molar-refractivity contribution < 1.29 is 4.39 Å². The molecule has 2 aromatic rings. The molecule has 1 aliphatic rings. The first kappa shape index (κ1) is 13.8. The van der Waals surface area contributed by atoms with Gasteiger partial charge in [-0.1, -0.05) is 36.4 Å². The van der Waals surface area contributed by atoms with Gasteiger partial charge in [-0.05, 0) is 23.6 Å². The molecule has 0 saturated heterocycles. The normalized spacial score (nSPS) is 14.7. The lowest BCUT2D eigenvalue weighted by molar-refractivity contribution is 0.242. The Hall–Kier alpha value is -2.20. The summed E-state index contributed by atoms with van der Waals surface area (Å²) in [6, 6.07) is 13.5. The molecule has 0 unspecified atom stereocenters. The Kier molecular flexibility index (Phi) is 3.71. The molecule has 0 bridgehead atoms. The highest BCUT2D eigenvalue weighted by Crippen LogP contribution is 2.22. The molecule has 4 heteroatoms. The van der Waals surface area contributed by atoms with Gasteiger partial charge in [0.2, 0.25) is 0 Å². The van der Waals surface area contributed by atoms with Gasteiger partial charge in [-0.3, -0.25) is 10.3 Å². The van der Waals surface area contributed by atoms with Crippen LogP contribution in [0.3, 0.4) is 0 Å². The molecule has 108 valence electrons. The van der Waals surface area contributed by atoms with Gasteiger partial charge in [0.1, 0.15) is 11.7 Å². The molecule has 3 nitrogen and oxygen atoms in total. The van der Waals surface area contributed by atoms with Crippen LogP contribution in [0.2, 0.25) is 0 Å². The van der Waals surface area contributed by atoms with Crippen LogP contribution in [0.25, 0.3) is 0 Å². The van der Waals surface area contributed by atoms with E-state index in [1.54, 1.807) is 18.2 Å². The first-order chi connectivity index (χ1) is 10.1. The van der Waals surface area contributed by atoms with Gasteiger partial charge in [0, 0.05) is 25.2 Å². The van der Waals surface area contributed by atoms with Crippen molar-refractivity contribution in [2.24, 2.45) is 5.73 Å². The molecule has 0 aliphatic carbocycles. The van der Waals surface area contributed by atoms with Gasteiger partial charge in [-0.15, -0.1) is 0 Å². The Morgan fingerprint density at radius 1 is 1.14 bits per heavy atom. The third kappa shape index (κ3) is 2.81. The van der Waals surface area contributed by atoms with Gasteiger partial charge in [-0.2, -0.15) is 0 Å². The van der Waals surface area contributed by atoms with Crippen molar-refractivity contribution in [1.82, 2.24) is 4.90 Å². The van der Waals surface area contributed by atoms with Crippen LogP contribution >= 0.6 is 0 Å². The van der Waals surface area contributed by atoms with Gasteiger partial charge in [0.05, 0.1) is 5.56 Å². The minimum Gasteiger partial charge on any atom is -0.384 e. The lowest BCUT2D eigenvalue weighted by Crippen LogP contribution is -2.30. The highest BCUT2D eigenvalue weighted by molar-refractivity contribution is 5.95. The highest BCUT2D eigenvalue weighted by Gasteiger charge is 2.18. The topological polar surface area (TPSA) is 53.1 Å². The van der Waals surface area contributed by atoms with E-state index in [0.717, 1.165) is 19.5 Å². The minimum absolute atomic E-state index is 0.185. The van der Waals surface area contributed by atoms with E-state index in [1.165, 1.54) is 11.1 Å². The van der Waals surface area contributed by atoms with E-state index in [1.807, 2.05) is 6.07 Å². The molecular weight excluding hydrogens is 265 g/mol. The number of hydrogen-bond donors (Lipinski definition) is 2. The SMILES string of the molecule is N=C(N)c1cccc(CN2CCc3ccccc3C2)c1F. The van der Waals surface area contributed by atoms with Crippen LogP contribution < -0.4 is 5.73 Å². The molecule has 21 heavy (non-hydrogen) atoms. The van der Waals surface area contributed by atoms with E-state index in [2.05, 4.69) is 23.1 Å². The number of halogens is 1. The summed E-state index contributed by atoms with van der Waals surface area (Å²) in [7, 11) is 0.